The Balaban J connectivity index is 1.73. The average Bonchev–Trinajstić information content (AvgIpc) is 2.83. The first kappa shape index (κ1) is 25.5. The third-order valence-electron chi connectivity index (χ3n) is 4.76. The minimum Gasteiger partial charge on any atom is -0.487 e. The number of carbonyl (C=O) groups excluding carboxylic acids is 2. The lowest BCUT2D eigenvalue weighted by atomic mass is 10.1. The van der Waals surface area contributed by atoms with E-state index < -0.39 is 11.9 Å². The second-order valence-electron chi connectivity index (χ2n) is 7.28. The number of hydrogen-bond donors (Lipinski definition) is 1. The first-order valence-electron chi connectivity index (χ1n) is 10.1. The standard InChI is InChI=1S/C26H20BrIN2O4/c1-16-3-5-17(6-4-16)15-34-24-22(27)12-18(13-23(24)28)11-20(14-29)25(31)30-21-9-7-19(8-10-21)26(32)33-2/h3-13H,15H2,1-2H3,(H,30,31)/b20-11+. The topological polar surface area (TPSA) is 88.4 Å². The monoisotopic (exact) mass is 630 g/mol. The molecule has 0 bridgehead atoms. The summed E-state index contributed by atoms with van der Waals surface area (Å²) in [4.78, 5) is 24.1. The molecule has 1 amide bonds. The van der Waals surface area contributed by atoms with Gasteiger partial charge in [-0.1, -0.05) is 29.8 Å². The molecule has 0 saturated carbocycles. The molecule has 3 aromatic rings. The summed E-state index contributed by atoms with van der Waals surface area (Å²) in [6.07, 6.45) is 1.51. The fourth-order valence-corrected chi connectivity index (χ4v) is 4.73. The highest BCUT2D eigenvalue weighted by atomic mass is 127. The van der Waals surface area contributed by atoms with E-state index in [0.717, 1.165) is 9.13 Å². The minimum absolute atomic E-state index is 0.0620. The van der Waals surface area contributed by atoms with Crippen molar-refractivity contribution in [3.05, 3.63) is 96.5 Å². The van der Waals surface area contributed by atoms with Gasteiger partial charge < -0.3 is 14.8 Å². The minimum atomic E-state index is -0.556. The molecule has 0 atom stereocenters. The molecule has 0 unspecified atom stereocenters. The van der Waals surface area contributed by atoms with Gasteiger partial charge >= 0.3 is 5.97 Å². The maximum absolute atomic E-state index is 12.6. The van der Waals surface area contributed by atoms with Crippen molar-refractivity contribution in [1.29, 1.82) is 5.26 Å². The Bertz CT molecular complexity index is 1260. The number of ether oxygens (including phenoxy) is 2. The number of amides is 1. The van der Waals surface area contributed by atoms with E-state index in [2.05, 4.69) is 48.6 Å². The number of nitrogens with zero attached hydrogens (tertiary/aromatic N) is 1. The van der Waals surface area contributed by atoms with E-state index in [9.17, 15) is 14.9 Å². The average molecular weight is 631 g/mol. The van der Waals surface area contributed by atoms with Crippen molar-refractivity contribution in [1.82, 2.24) is 0 Å². The molecule has 6 nitrogen and oxygen atoms in total. The SMILES string of the molecule is COC(=O)c1ccc(NC(=O)/C(C#N)=C/c2cc(Br)c(OCc3ccc(C)cc3)c(I)c2)cc1. The van der Waals surface area contributed by atoms with Gasteiger partial charge in [0.2, 0.25) is 0 Å². The van der Waals surface area contributed by atoms with Gasteiger partial charge in [0, 0.05) is 5.69 Å². The van der Waals surface area contributed by atoms with Crippen molar-refractivity contribution in [3.63, 3.8) is 0 Å². The van der Waals surface area contributed by atoms with Crippen LogP contribution in [0.3, 0.4) is 0 Å². The van der Waals surface area contributed by atoms with Crippen LogP contribution in [-0.4, -0.2) is 19.0 Å². The molecule has 3 aromatic carbocycles. The van der Waals surface area contributed by atoms with E-state index in [-0.39, 0.29) is 5.57 Å². The molecule has 0 aromatic heterocycles. The summed E-state index contributed by atoms with van der Waals surface area (Å²) in [5.74, 6) is -0.340. The summed E-state index contributed by atoms with van der Waals surface area (Å²) in [6, 6.07) is 19.9. The number of anilines is 1. The first-order valence-corrected chi connectivity index (χ1v) is 12.0. The van der Waals surface area contributed by atoms with Crippen molar-refractivity contribution in [3.8, 4) is 11.8 Å². The number of benzene rings is 3. The Morgan fingerprint density at radius 3 is 2.38 bits per heavy atom. The zero-order valence-electron chi connectivity index (χ0n) is 18.4. The van der Waals surface area contributed by atoms with Gasteiger partial charge in [-0.3, -0.25) is 4.79 Å². The first-order chi connectivity index (χ1) is 16.3. The lowest BCUT2D eigenvalue weighted by Crippen LogP contribution is -2.13. The third-order valence-corrected chi connectivity index (χ3v) is 6.15. The van der Waals surface area contributed by atoms with Crippen LogP contribution in [0.5, 0.6) is 5.75 Å². The molecule has 1 N–H and O–H groups in total. The Hall–Kier alpha value is -3.16. The molecular weight excluding hydrogens is 611 g/mol. The van der Waals surface area contributed by atoms with Gasteiger partial charge in [0.25, 0.3) is 5.91 Å². The van der Waals surface area contributed by atoms with Crippen molar-refractivity contribution >= 4 is 62.2 Å². The number of carbonyl (C=O) groups is 2. The van der Waals surface area contributed by atoms with Crippen molar-refractivity contribution in [2.24, 2.45) is 0 Å². The molecule has 3 rings (SSSR count). The number of rotatable bonds is 7. The molecule has 0 aliphatic heterocycles. The van der Waals surface area contributed by atoms with E-state index in [1.807, 2.05) is 43.3 Å². The summed E-state index contributed by atoms with van der Waals surface area (Å²) in [7, 11) is 1.30. The van der Waals surface area contributed by atoms with Gasteiger partial charge in [-0.2, -0.15) is 5.26 Å². The molecule has 0 saturated heterocycles. The maximum Gasteiger partial charge on any atom is 0.337 e. The van der Waals surface area contributed by atoms with E-state index in [1.54, 1.807) is 18.2 Å². The van der Waals surface area contributed by atoms with Gasteiger partial charge in [0.05, 0.1) is 20.7 Å². The summed E-state index contributed by atoms with van der Waals surface area (Å²) in [5.41, 5.74) is 3.67. The zero-order chi connectivity index (χ0) is 24.7. The molecule has 0 heterocycles. The number of esters is 1. The highest BCUT2D eigenvalue weighted by molar-refractivity contribution is 14.1. The summed E-state index contributed by atoms with van der Waals surface area (Å²) in [6.45, 7) is 2.46. The molecule has 8 heteroatoms. The highest BCUT2D eigenvalue weighted by Crippen LogP contribution is 2.33. The third kappa shape index (κ3) is 6.68. The number of methoxy groups -OCH3 is 1. The van der Waals surface area contributed by atoms with Gasteiger partial charge in [-0.25, -0.2) is 4.79 Å². The molecule has 0 aliphatic rings. The predicted octanol–water partition coefficient (Wildman–Crippen LogP) is 6.27. The van der Waals surface area contributed by atoms with Crippen LogP contribution in [0.25, 0.3) is 6.08 Å². The largest absolute Gasteiger partial charge is 0.487 e. The van der Waals surface area contributed by atoms with Gasteiger partial charge in [-0.05, 0) is 99.0 Å². The Morgan fingerprint density at radius 2 is 1.79 bits per heavy atom. The van der Waals surface area contributed by atoms with Crippen molar-refractivity contribution < 1.29 is 19.1 Å². The van der Waals surface area contributed by atoms with Crippen LogP contribution in [0.2, 0.25) is 0 Å². The molecule has 0 aliphatic carbocycles. The molecule has 0 radical (unpaired) electrons. The molecule has 172 valence electrons. The Labute approximate surface area is 219 Å². The van der Waals surface area contributed by atoms with Gasteiger partial charge in [-0.15, -0.1) is 0 Å². The Kier molecular flexibility index (Phi) is 8.85. The van der Waals surface area contributed by atoms with Gasteiger partial charge in [0.15, 0.2) is 0 Å². The Morgan fingerprint density at radius 1 is 1.12 bits per heavy atom. The summed E-state index contributed by atoms with van der Waals surface area (Å²) >= 11 is 5.69. The zero-order valence-corrected chi connectivity index (χ0v) is 22.1. The van der Waals surface area contributed by atoms with Crippen LogP contribution in [-0.2, 0) is 16.1 Å². The van der Waals surface area contributed by atoms with E-state index in [0.29, 0.717) is 33.6 Å². The normalized spacial score (nSPS) is 10.9. The van der Waals surface area contributed by atoms with E-state index >= 15 is 0 Å². The number of nitrogens with one attached hydrogen (secondary N) is 1. The number of hydrogen-bond acceptors (Lipinski definition) is 5. The number of halogens is 2. The smallest absolute Gasteiger partial charge is 0.337 e. The molecule has 34 heavy (non-hydrogen) atoms. The predicted molar refractivity (Wildman–Crippen MR) is 142 cm³/mol. The number of nitriles is 1. The second kappa shape index (κ2) is 11.8. The van der Waals surface area contributed by atoms with E-state index in [4.69, 9.17) is 4.74 Å². The summed E-state index contributed by atoms with van der Waals surface area (Å²) < 4.78 is 12.2. The fourth-order valence-electron chi connectivity index (χ4n) is 2.96. The highest BCUT2D eigenvalue weighted by Gasteiger charge is 2.13. The lowest BCUT2D eigenvalue weighted by Gasteiger charge is -2.12. The number of aryl methyl sites for hydroxylation is 1. The second-order valence-corrected chi connectivity index (χ2v) is 9.30. The molecular formula is C26H20BrIN2O4. The van der Waals surface area contributed by atoms with Crippen LogP contribution < -0.4 is 10.1 Å². The van der Waals surface area contributed by atoms with Crippen molar-refractivity contribution in [2.75, 3.05) is 12.4 Å². The van der Waals surface area contributed by atoms with Crippen LogP contribution in [0.4, 0.5) is 5.69 Å². The van der Waals surface area contributed by atoms with Crippen LogP contribution in [0.15, 0.2) is 70.7 Å². The van der Waals surface area contributed by atoms with Crippen molar-refractivity contribution in [2.45, 2.75) is 13.5 Å². The van der Waals surface area contributed by atoms with E-state index in [1.165, 1.54) is 30.9 Å². The van der Waals surface area contributed by atoms with Crippen LogP contribution >= 0.6 is 38.5 Å². The fraction of sp³-hybridized carbons (Fsp3) is 0.115. The van der Waals surface area contributed by atoms with Crippen LogP contribution in [0.1, 0.15) is 27.0 Å². The molecule has 0 fully saturated rings. The molecule has 0 spiro atoms. The van der Waals surface area contributed by atoms with Crippen LogP contribution in [0, 0.1) is 21.8 Å². The quantitative estimate of drug-likeness (QED) is 0.144. The maximum atomic E-state index is 12.6. The lowest BCUT2D eigenvalue weighted by molar-refractivity contribution is -0.112. The summed E-state index contributed by atoms with van der Waals surface area (Å²) in [5, 5.41) is 12.2. The van der Waals surface area contributed by atoms with Gasteiger partial charge in [0.1, 0.15) is 24.0 Å².